The van der Waals surface area contributed by atoms with Gasteiger partial charge in [-0.05, 0) is 0 Å². The molecule has 1 aromatic heterocycles. The Kier molecular flexibility index (Phi) is 5.53. The molecule has 0 aliphatic rings. The Bertz CT molecular complexity index is 355. The smallest absolute Gasteiger partial charge is 0.238 e. The maximum Gasteiger partial charge on any atom is 0.238 e. The predicted octanol–water partition coefficient (Wildman–Crippen LogP) is -0.817. The van der Waals surface area contributed by atoms with Crippen molar-refractivity contribution in [3.05, 3.63) is 11.6 Å². The Hall–Kier alpha value is -0.830. The van der Waals surface area contributed by atoms with Crippen molar-refractivity contribution in [2.45, 2.75) is 6.10 Å². The molecule has 1 aromatic rings. The third-order valence-corrected chi connectivity index (χ3v) is 3.59. The summed E-state index contributed by atoms with van der Waals surface area (Å²) in [4.78, 5) is 15.1. The highest BCUT2D eigenvalue weighted by Gasteiger charge is 2.13. The second kappa shape index (κ2) is 6.69. The Balaban J connectivity index is 2.31. The van der Waals surface area contributed by atoms with Crippen LogP contribution in [-0.4, -0.2) is 49.5 Å². The van der Waals surface area contributed by atoms with E-state index in [-0.39, 0.29) is 11.5 Å². The van der Waals surface area contributed by atoms with E-state index in [1.165, 1.54) is 11.3 Å². The zero-order valence-corrected chi connectivity index (χ0v) is 9.96. The van der Waals surface area contributed by atoms with E-state index in [9.17, 15) is 9.00 Å². The highest BCUT2D eigenvalue weighted by atomic mass is 32.2. The predicted molar refractivity (Wildman–Crippen MR) is 61.7 cm³/mol. The first-order valence-corrected chi connectivity index (χ1v) is 6.82. The molecule has 0 aliphatic carbocycles. The molecular formula is C8H12N2O4S2. The summed E-state index contributed by atoms with van der Waals surface area (Å²) in [7, 11) is -1.49. The van der Waals surface area contributed by atoms with Gasteiger partial charge in [-0.25, -0.2) is 4.98 Å². The number of hydrogen-bond donors (Lipinski definition) is 3. The number of nitrogens with zero attached hydrogens (tertiary/aromatic N) is 1. The average molecular weight is 264 g/mol. The molecule has 2 atom stereocenters. The lowest BCUT2D eigenvalue weighted by Gasteiger charge is -2.06. The van der Waals surface area contributed by atoms with Gasteiger partial charge in [0.05, 0.1) is 18.5 Å². The van der Waals surface area contributed by atoms with Crippen LogP contribution in [0.25, 0.3) is 0 Å². The van der Waals surface area contributed by atoms with Crippen LogP contribution in [0.3, 0.4) is 0 Å². The van der Waals surface area contributed by atoms with E-state index in [1.807, 2.05) is 0 Å². The largest absolute Gasteiger partial charge is 0.394 e. The van der Waals surface area contributed by atoms with Crippen LogP contribution >= 0.6 is 11.3 Å². The molecule has 1 rings (SSSR count). The number of amides is 1. The molecular weight excluding hydrogens is 252 g/mol. The summed E-state index contributed by atoms with van der Waals surface area (Å²) >= 11 is 1.27. The molecule has 90 valence electrons. The normalized spacial score (nSPS) is 14.4. The summed E-state index contributed by atoms with van der Waals surface area (Å²) < 4.78 is 11.3. The van der Waals surface area contributed by atoms with Crippen LogP contribution in [0, 0.1) is 0 Å². The van der Waals surface area contributed by atoms with Crippen LogP contribution in [0.2, 0.25) is 0 Å². The van der Waals surface area contributed by atoms with Gasteiger partial charge in [0.1, 0.15) is 5.75 Å². The number of anilines is 1. The molecule has 0 spiro atoms. The van der Waals surface area contributed by atoms with Gasteiger partial charge in [-0.2, -0.15) is 0 Å². The van der Waals surface area contributed by atoms with Crippen LogP contribution in [-0.2, 0) is 15.6 Å². The number of hydrogen-bond acceptors (Lipinski definition) is 6. The molecule has 1 amide bonds. The summed E-state index contributed by atoms with van der Waals surface area (Å²) in [6.07, 6.45) is 0.501. The Morgan fingerprint density at radius 3 is 3.00 bits per heavy atom. The highest BCUT2D eigenvalue weighted by Crippen LogP contribution is 2.09. The molecule has 1 heterocycles. The van der Waals surface area contributed by atoms with Crippen molar-refractivity contribution >= 4 is 33.2 Å². The van der Waals surface area contributed by atoms with Crippen molar-refractivity contribution in [2.24, 2.45) is 0 Å². The fourth-order valence-corrected chi connectivity index (χ4v) is 2.48. The van der Waals surface area contributed by atoms with Gasteiger partial charge >= 0.3 is 0 Å². The molecule has 0 radical (unpaired) electrons. The number of rotatable bonds is 6. The lowest BCUT2D eigenvalue weighted by atomic mass is 10.4. The number of carbonyl (C=O) groups is 1. The van der Waals surface area contributed by atoms with Crippen LogP contribution < -0.4 is 5.32 Å². The SMILES string of the molecule is O=C(CS(=O)CC(O)CO)Nc1nccs1. The van der Waals surface area contributed by atoms with E-state index >= 15 is 0 Å². The molecule has 0 bridgehead atoms. The second-order valence-electron chi connectivity index (χ2n) is 2.97. The molecule has 6 nitrogen and oxygen atoms in total. The van der Waals surface area contributed by atoms with Gasteiger partial charge < -0.3 is 15.5 Å². The summed E-state index contributed by atoms with van der Waals surface area (Å²) in [5.74, 6) is -0.739. The van der Waals surface area contributed by atoms with Gasteiger partial charge in [0.25, 0.3) is 0 Å². The first kappa shape index (κ1) is 13.2. The summed E-state index contributed by atoms with van der Waals surface area (Å²) in [6, 6.07) is 0. The van der Waals surface area contributed by atoms with Gasteiger partial charge in [-0.1, -0.05) is 0 Å². The number of aliphatic hydroxyl groups is 2. The van der Waals surface area contributed by atoms with Gasteiger partial charge in [-0.3, -0.25) is 9.00 Å². The topological polar surface area (TPSA) is 99.5 Å². The zero-order chi connectivity index (χ0) is 12.0. The standard InChI is InChI=1S/C8H12N2O4S2/c11-3-6(12)4-16(14)5-7(13)10-8-9-1-2-15-8/h1-2,6,11-12H,3-5H2,(H,9,10,13). The Morgan fingerprint density at radius 1 is 1.69 bits per heavy atom. The number of carbonyl (C=O) groups excluding carboxylic acids is 1. The summed E-state index contributed by atoms with van der Waals surface area (Å²) in [5.41, 5.74) is 0. The van der Waals surface area contributed by atoms with E-state index in [2.05, 4.69) is 10.3 Å². The Labute approximate surface area is 98.8 Å². The van der Waals surface area contributed by atoms with Gasteiger partial charge in [0.15, 0.2) is 5.13 Å². The Morgan fingerprint density at radius 2 is 2.44 bits per heavy atom. The maximum atomic E-state index is 11.3. The summed E-state index contributed by atoms with van der Waals surface area (Å²) in [5, 5.41) is 22.2. The van der Waals surface area contributed by atoms with Crippen LogP contribution in [0.4, 0.5) is 5.13 Å². The number of aromatic nitrogens is 1. The van der Waals surface area contributed by atoms with E-state index in [4.69, 9.17) is 10.2 Å². The van der Waals surface area contributed by atoms with E-state index in [1.54, 1.807) is 11.6 Å². The van der Waals surface area contributed by atoms with Gasteiger partial charge in [-0.15, -0.1) is 11.3 Å². The quantitative estimate of drug-likeness (QED) is 0.623. The first-order chi connectivity index (χ1) is 7.61. The van der Waals surface area contributed by atoms with Gasteiger partial charge in [0.2, 0.25) is 5.91 Å². The molecule has 3 N–H and O–H groups in total. The van der Waals surface area contributed by atoms with Crippen LogP contribution in [0.15, 0.2) is 11.6 Å². The molecule has 0 aromatic carbocycles. The van der Waals surface area contributed by atoms with Crippen LogP contribution in [0.5, 0.6) is 0 Å². The van der Waals surface area contributed by atoms with Crippen molar-refractivity contribution < 1.29 is 19.2 Å². The minimum absolute atomic E-state index is 0.109. The fourth-order valence-electron chi connectivity index (χ4n) is 0.913. The van der Waals surface area contributed by atoms with E-state index in [0.29, 0.717) is 5.13 Å². The monoisotopic (exact) mass is 264 g/mol. The van der Waals surface area contributed by atoms with Crippen molar-refractivity contribution in [1.82, 2.24) is 4.98 Å². The highest BCUT2D eigenvalue weighted by molar-refractivity contribution is 7.85. The lowest BCUT2D eigenvalue weighted by molar-refractivity contribution is -0.113. The second-order valence-corrected chi connectivity index (χ2v) is 5.37. The zero-order valence-electron chi connectivity index (χ0n) is 8.33. The minimum atomic E-state index is -1.49. The third kappa shape index (κ3) is 4.79. The van der Waals surface area contributed by atoms with E-state index < -0.39 is 29.4 Å². The van der Waals surface area contributed by atoms with Crippen molar-refractivity contribution in [3.63, 3.8) is 0 Å². The molecule has 0 saturated carbocycles. The number of aliphatic hydroxyl groups excluding tert-OH is 2. The fraction of sp³-hybridized carbons (Fsp3) is 0.500. The maximum absolute atomic E-state index is 11.3. The number of thiazole rings is 1. The van der Waals surface area contributed by atoms with Crippen molar-refractivity contribution in [1.29, 1.82) is 0 Å². The molecule has 0 saturated heterocycles. The first-order valence-electron chi connectivity index (χ1n) is 4.45. The number of nitrogens with one attached hydrogen (secondary N) is 1. The summed E-state index contributed by atoms with van der Waals surface area (Å²) in [6.45, 7) is -0.458. The molecule has 2 unspecified atom stereocenters. The van der Waals surface area contributed by atoms with Crippen LogP contribution in [0.1, 0.15) is 0 Å². The average Bonchev–Trinajstić information content (AvgIpc) is 2.69. The third-order valence-electron chi connectivity index (χ3n) is 1.56. The van der Waals surface area contributed by atoms with Gasteiger partial charge in [0, 0.05) is 22.4 Å². The molecule has 0 aliphatic heterocycles. The minimum Gasteiger partial charge on any atom is -0.394 e. The lowest BCUT2D eigenvalue weighted by Crippen LogP contribution is -2.27. The van der Waals surface area contributed by atoms with E-state index in [0.717, 1.165) is 0 Å². The van der Waals surface area contributed by atoms with Crippen molar-refractivity contribution in [3.8, 4) is 0 Å². The molecule has 0 fully saturated rings. The van der Waals surface area contributed by atoms with Crippen molar-refractivity contribution in [2.75, 3.05) is 23.4 Å². The molecule has 16 heavy (non-hydrogen) atoms. The molecule has 8 heteroatoms.